The fourth-order valence-corrected chi connectivity index (χ4v) is 4.39. The third-order valence-electron chi connectivity index (χ3n) is 5.13. The van der Waals surface area contributed by atoms with Crippen LogP contribution in [0.5, 0.6) is 0 Å². The monoisotopic (exact) mass is 450 g/mol. The summed E-state index contributed by atoms with van der Waals surface area (Å²) in [5.41, 5.74) is 4.13. The van der Waals surface area contributed by atoms with Gasteiger partial charge >= 0.3 is 0 Å². The maximum atomic E-state index is 12.6. The van der Waals surface area contributed by atoms with Crippen LogP contribution >= 0.6 is 23.6 Å². The lowest BCUT2D eigenvalue weighted by atomic mass is 10.1. The minimum Gasteiger partial charge on any atom is -0.352 e. The number of H-pyrrole nitrogens is 1. The number of nitrogens with one attached hydrogen (secondary N) is 2. The zero-order chi connectivity index (χ0) is 22.0. The Morgan fingerprint density at radius 3 is 2.68 bits per heavy atom. The number of aromatic amines is 1. The molecule has 2 aromatic carbocycles. The van der Waals surface area contributed by atoms with Crippen LogP contribution in [0.1, 0.15) is 27.9 Å². The fourth-order valence-electron chi connectivity index (χ4n) is 3.44. The summed E-state index contributed by atoms with van der Waals surface area (Å²) in [4.78, 5) is 32.6. The van der Waals surface area contributed by atoms with Crippen LogP contribution in [0.4, 0.5) is 0 Å². The molecule has 2 N–H and O–H groups in total. The summed E-state index contributed by atoms with van der Waals surface area (Å²) in [7, 11) is 0. The van der Waals surface area contributed by atoms with E-state index in [-0.39, 0.29) is 11.5 Å². The molecule has 0 radical (unpaired) electrons. The van der Waals surface area contributed by atoms with Gasteiger partial charge in [-0.2, -0.15) is 0 Å². The molecule has 8 heteroatoms. The fraction of sp³-hybridized carbons (Fsp3) is 0.217. The van der Waals surface area contributed by atoms with Crippen LogP contribution in [0.2, 0.25) is 0 Å². The van der Waals surface area contributed by atoms with E-state index in [1.807, 2.05) is 13.8 Å². The van der Waals surface area contributed by atoms with Crippen molar-refractivity contribution in [3.63, 3.8) is 0 Å². The van der Waals surface area contributed by atoms with Crippen LogP contribution in [0.15, 0.2) is 52.6 Å². The highest BCUT2D eigenvalue weighted by Gasteiger charge is 2.10. The summed E-state index contributed by atoms with van der Waals surface area (Å²) in [6.45, 7) is 4.87. The van der Waals surface area contributed by atoms with Crippen LogP contribution < -0.4 is 10.9 Å². The van der Waals surface area contributed by atoms with Gasteiger partial charge in [-0.15, -0.1) is 11.3 Å². The first kappa shape index (κ1) is 21.1. The van der Waals surface area contributed by atoms with Gasteiger partial charge in [-0.1, -0.05) is 24.3 Å². The number of thiazole rings is 1. The van der Waals surface area contributed by atoms with E-state index < -0.39 is 0 Å². The van der Waals surface area contributed by atoms with Crippen molar-refractivity contribution >= 4 is 40.4 Å². The van der Waals surface area contributed by atoms with Crippen LogP contribution in [0, 0.1) is 11.7 Å². The molecule has 0 atom stereocenters. The molecular weight excluding hydrogens is 428 g/mol. The molecule has 158 valence electrons. The second kappa shape index (κ2) is 8.95. The smallest absolute Gasteiger partial charge is 0.262 e. The maximum Gasteiger partial charge on any atom is 0.262 e. The first-order valence-electron chi connectivity index (χ1n) is 10.0. The molecule has 0 bridgehead atoms. The van der Waals surface area contributed by atoms with Crippen molar-refractivity contribution in [3.8, 4) is 11.3 Å². The Morgan fingerprint density at radius 2 is 2.00 bits per heavy atom. The molecule has 6 nitrogen and oxygen atoms in total. The summed E-state index contributed by atoms with van der Waals surface area (Å²) in [5.74, 6) is -0.185. The highest BCUT2D eigenvalue weighted by Crippen LogP contribution is 2.21. The van der Waals surface area contributed by atoms with Gasteiger partial charge in [-0.25, -0.2) is 4.98 Å². The van der Waals surface area contributed by atoms with Crippen molar-refractivity contribution < 1.29 is 4.79 Å². The molecule has 1 amide bonds. The van der Waals surface area contributed by atoms with Crippen molar-refractivity contribution in [1.82, 2.24) is 19.9 Å². The van der Waals surface area contributed by atoms with Crippen LogP contribution in [0.3, 0.4) is 0 Å². The Morgan fingerprint density at radius 1 is 1.23 bits per heavy atom. The molecule has 0 spiro atoms. The van der Waals surface area contributed by atoms with Crippen LogP contribution in [0.25, 0.3) is 22.2 Å². The molecule has 0 aliphatic heterocycles. The highest BCUT2D eigenvalue weighted by molar-refractivity contribution is 7.71. The van der Waals surface area contributed by atoms with Gasteiger partial charge < -0.3 is 10.3 Å². The van der Waals surface area contributed by atoms with Gasteiger partial charge in [-0.05, 0) is 56.2 Å². The van der Waals surface area contributed by atoms with Gasteiger partial charge in [0.2, 0.25) is 0 Å². The molecule has 0 fully saturated rings. The Hall–Kier alpha value is -3.10. The number of hydrogen-bond donors (Lipinski definition) is 2. The standard InChI is InChI=1S/C23H22N4O2S2/c1-3-27-22(29)18-9-8-17(12-19(18)26-23(27)30)21(28)24-11-10-15-4-6-16(7-5-15)20-13-31-14(2)25-20/h4-9,12-13H,3,10-11H2,1-2H3,(H,24,28)(H,26,30). The minimum absolute atomic E-state index is 0.149. The van der Waals surface area contributed by atoms with E-state index in [0.717, 1.165) is 28.2 Å². The van der Waals surface area contributed by atoms with E-state index >= 15 is 0 Å². The van der Waals surface area contributed by atoms with Gasteiger partial charge in [0.15, 0.2) is 4.77 Å². The Kier molecular flexibility index (Phi) is 6.11. The zero-order valence-electron chi connectivity index (χ0n) is 17.3. The van der Waals surface area contributed by atoms with E-state index in [0.29, 0.717) is 34.3 Å². The van der Waals surface area contributed by atoms with E-state index in [4.69, 9.17) is 12.2 Å². The topological polar surface area (TPSA) is 79.8 Å². The normalized spacial score (nSPS) is 11.0. The summed E-state index contributed by atoms with van der Waals surface area (Å²) < 4.78 is 1.85. The summed E-state index contributed by atoms with van der Waals surface area (Å²) >= 11 is 6.88. The number of benzene rings is 2. The molecule has 0 saturated heterocycles. The highest BCUT2D eigenvalue weighted by atomic mass is 32.1. The molecule has 4 rings (SSSR count). The molecule has 2 aromatic heterocycles. The number of hydrogen-bond acceptors (Lipinski definition) is 5. The number of fused-ring (bicyclic) bond motifs is 1. The number of rotatable bonds is 6. The molecule has 4 aromatic rings. The molecule has 0 unspecified atom stereocenters. The van der Waals surface area contributed by atoms with Gasteiger partial charge in [0, 0.05) is 29.6 Å². The molecule has 2 heterocycles. The molecule has 31 heavy (non-hydrogen) atoms. The predicted octanol–water partition coefficient (Wildman–Crippen LogP) is 4.48. The maximum absolute atomic E-state index is 12.6. The Balaban J connectivity index is 1.41. The van der Waals surface area contributed by atoms with Crippen LogP contribution in [-0.4, -0.2) is 27.0 Å². The largest absolute Gasteiger partial charge is 0.352 e. The van der Waals surface area contributed by atoms with Crippen molar-refractivity contribution in [2.24, 2.45) is 0 Å². The SMILES string of the molecule is CCn1c(=S)[nH]c2cc(C(=O)NCCc3ccc(-c4csc(C)n4)cc3)ccc2c1=O. The van der Waals surface area contributed by atoms with Crippen LogP contribution in [-0.2, 0) is 13.0 Å². The molecule has 0 aliphatic rings. The first-order valence-corrected chi connectivity index (χ1v) is 11.3. The van der Waals surface area contributed by atoms with Gasteiger partial charge in [0.05, 0.1) is 21.6 Å². The Bertz CT molecular complexity index is 1370. The second-order valence-electron chi connectivity index (χ2n) is 7.19. The lowest BCUT2D eigenvalue weighted by molar-refractivity contribution is 0.0954. The number of carbonyl (C=O) groups is 1. The second-order valence-corrected chi connectivity index (χ2v) is 8.64. The van der Waals surface area contributed by atoms with E-state index in [2.05, 4.69) is 44.9 Å². The zero-order valence-corrected chi connectivity index (χ0v) is 18.9. The lowest BCUT2D eigenvalue weighted by Gasteiger charge is -2.08. The van der Waals surface area contributed by atoms with Gasteiger partial charge in [0.25, 0.3) is 11.5 Å². The van der Waals surface area contributed by atoms with Gasteiger partial charge in [-0.3, -0.25) is 14.2 Å². The molecular formula is C23H22N4O2S2. The summed E-state index contributed by atoms with van der Waals surface area (Å²) in [6.07, 6.45) is 0.722. The average molecular weight is 451 g/mol. The van der Waals surface area contributed by atoms with E-state index in [1.54, 1.807) is 29.5 Å². The van der Waals surface area contributed by atoms with Crippen molar-refractivity contribution in [2.45, 2.75) is 26.8 Å². The molecule has 0 aliphatic carbocycles. The first-order chi connectivity index (χ1) is 15.0. The molecule has 0 saturated carbocycles. The number of amides is 1. The third-order valence-corrected chi connectivity index (χ3v) is 6.22. The van der Waals surface area contributed by atoms with E-state index in [1.165, 1.54) is 4.57 Å². The lowest BCUT2D eigenvalue weighted by Crippen LogP contribution is -2.26. The van der Waals surface area contributed by atoms with Crippen molar-refractivity contribution in [2.75, 3.05) is 6.54 Å². The van der Waals surface area contributed by atoms with Crippen molar-refractivity contribution in [3.05, 3.63) is 79.1 Å². The predicted molar refractivity (Wildman–Crippen MR) is 127 cm³/mol. The number of carbonyl (C=O) groups excluding carboxylic acids is 1. The Labute approximate surface area is 188 Å². The number of nitrogens with zero attached hydrogens (tertiary/aromatic N) is 2. The summed E-state index contributed by atoms with van der Waals surface area (Å²) in [5, 5.41) is 6.56. The van der Waals surface area contributed by atoms with Crippen molar-refractivity contribution in [1.29, 1.82) is 0 Å². The van der Waals surface area contributed by atoms with Gasteiger partial charge in [0.1, 0.15) is 0 Å². The summed E-state index contributed by atoms with van der Waals surface area (Å²) in [6, 6.07) is 13.2. The number of aryl methyl sites for hydroxylation is 1. The van der Waals surface area contributed by atoms with E-state index in [9.17, 15) is 9.59 Å². The quantitative estimate of drug-likeness (QED) is 0.425. The average Bonchev–Trinajstić information content (AvgIpc) is 3.20. The third kappa shape index (κ3) is 4.50. The number of aromatic nitrogens is 3. The minimum atomic E-state index is -0.185.